The van der Waals surface area contributed by atoms with Crippen LogP contribution in [0.2, 0.25) is 0 Å². The number of methoxy groups -OCH3 is 3. The number of carbonyl (C=O) groups excluding carboxylic acids is 1. The second kappa shape index (κ2) is 10.1. The summed E-state index contributed by atoms with van der Waals surface area (Å²) in [6, 6.07) is 9.46. The summed E-state index contributed by atoms with van der Waals surface area (Å²) in [7, 11) is 6.87. The van der Waals surface area contributed by atoms with E-state index in [1.807, 2.05) is 46.8 Å². The molecule has 2 atom stereocenters. The van der Waals surface area contributed by atoms with E-state index in [0.29, 0.717) is 36.8 Å². The minimum absolute atomic E-state index is 0.0827. The van der Waals surface area contributed by atoms with Gasteiger partial charge >= 0.3 is 6.09 Å². The molecule has 8 nitrogen and oxygen atoms in total. The maximum atomic E-state index is 12.9. The highest BCUT2D eigenvalue weighted by Gasteiger charge is 2.46. The molecule has 2 aliphatic heterocycles. The number of carbonyl (C=O) groups is 1. The number of amides is 1. The predicted octanol–water partition coefficient (Wildman–Crippen LogP) is 5.00. The fourth-order valence-corrected chi connectivity index (χ4v) is 6.60. The Balaban J connectivity index is 1.66. The van der Waals surface area contributed by atoms with Crippen LogP contribution in [0, 0.1) is 0 Å². The van der Waals surface area contributed by atoms with Crippen molar-refractivity contribution in [1.82, 2.24) is 14.5 Å². The molecule has 1 fully saturated rings. The lowest BCUT2D eigenvalue weighted by Gasteiger charge is -2.39. The van der Waals surface area contributed by atoms with Gasteiger partial charge < -0.3 is 23.5 Å². The number of benzene rings is 2. The van der Waals surface area contributed by atoms with Crippen LogP contribution in [0.4, 0.5) is 4.79 Å². The molecule has 1 saturated heterocycles. The predicted molar refractivity (Wildman–Crippen MR) is 137 cm³/mol. The number of hydrogen-bond acceptors (Lipinski definition) is 7. The molecule has 0 saturated carbocycles. The highest BCUT2D eigenvalue weighted by atomic mass is 35.5. The van der Waals surface area contributed by atoms with E-state index in [1.54, 1.807) is 27.7 Å². The van der Waals surface area contributed by atoms with Crippen molar-refractivity contribution in [2.24, 2.45) is 7.05 Å². The van der Waals surface area contributed by atoms with Gasteiger partial charge in [-0.05, 0) is 36.1 Å². The summed E-state index contributed by atoms with van der Waals surface area (Å²) in [5, 5.41) is 0.825. The van der Waals surface area contributed by atoms with Gasteiger partial charge in [-0.2, -0.15) is 0 Å². The third-order valence-electron chi connectivity index (χ3n) is 6.84. The molecule has 0 aliphatic carbocycles. The number of nitrogens with zero attached hydrogens (tertiary/aromatic N) is 3. The highest BCUT2D eigenvalue weighted by Crippen LogP contribution is 2.51. The molecule has 1 amide bonds. The quantitative estimate of drug-likeness (QED) is 0.380. The van der Waals surface area contributed by atoms with E-state index in [9.17, 15) is 4.79 Å². The van der Waals surface area contributed by atoms with Gasteiger partial charge in [0.25, 0.3) is 0 Å². The van der Waals surface area contributed by atoms with Crippen LogP contribution in [-0.4, -0.2) is 54.5 Å². The van der Waals surface area contributed by atoms with Crippen molar-refractivity contribution in [2.75, 3.05) is 27.9 Å². The van der Waals surface area contributed by atoms with Crippen LogP contribution in [0.25, 0.3) is 0 Å². The number of aryl methyl sites for hydroxylation is 1. The molecule has 190 valence electrons. The van der Waals surface area contributed by atoms with Crippen LogP contribution in [0.5, 0.6) is 17.2 Å². The molecule has 2 aromatic carbocycles. The first kappa shape index (κ1) is 24.6. The molecule has 1 aromatic heterocycles. The molecule has 36 heavy (non-hydrogen) atoms. The fourth-order valence-electron chi connectivity index (χ4n) is 5.02. The molecule has 0 N–H and O–H groups in total. The summed E-state index contributed by atoms with van der Waals surface area (Å²) in [6.45, 7) is 0.345. The van der Waals surface area contributed by atoms with Gasteiger partial charge in [0, 0.05) is 18.7 Å². The maximum absolute atomic E-state index is 12.9. The first-order chi connectivity index (χ1) is 17.5. The minimum Gasteiger partial charge on any atom is -0.497 e. The van der Waals surface area contributed by atoms with Gasteiger partial charge in [0.2, 0.25) is 0 Å². The lowest BCUT2D eigenvalue weighted by atomic mass is 9.85. The van der Waals surface area contributed by atoms with E-state index < -0.39 is 0 Å². The summed E-state index contributed by atoms with van der Waals surface area (Å²) in [5.74, 6) is 2.51. The molecule has 0 spiro atoms. The SMILES string of the molecule is COc1ccc(C[C@H]2c3c(OC)cc(OC)c(Sc4ncn(C)c4CCl)c3C[C@H]3COC(=O)N32)cc1. The Kier molecular flexibility index (Phi) is 6.94. The van der Waals surface area contributed by atoms with Gasteiger partial charge in [-0.3, -0.25) is 4.90 Å². The van der Waals surface area contributed by atoms with Crippen LogP contribution >= 0.6 is 23.4 Å². The zero-order chi connectivity index (χ0) is 25.4. The van der Waals surface area contributed by atoms with E-state index in [2.05, 4.69) is 4.98 Å². The fraction of sp³-hybridized carbons (Fsp3) is 0.385. The first-order valence-corrected chi connectivity index (χ1v) is 12.9. The summed E-state index contributed by atoms with van der Waals surface area (Å²) in [6.07, 6.45) is 2.69. The summed E-state index contributed by atoms with van der Waals surface area (Å²) in [4.78, 5) is 20.3. The van der Waals surface area contributed by atoms with E-state index in [1.165, 1.54) is 11.8 Å². The van der Waals surface area contributed by atoms with Crippen molar-refractivity contribution >= 4 is 29.5 Å². The monoisotopic (exact) mass is 529 g/mol. The van der Waals surface area contributed by atoms with Gasteiger partial charge in [-0.1, -0.05) is 23.9 Å². The molecule has 0 bridgehead atoms. The van der Waals surface area contributed by atoms with Crippen LogP contribution in [-0.2, 0) is 30.5 Å². The molecule has 10 heteroatoms. The molecule has 3 heterocycles. The van der Waals surface area contributed by atoms with Gasteiger partial charge in [-0.25, -0.2) is 9.78 Å². The average Bonchev–Trinajstić information content (AvgIpc) is 3.45. The Hall–Kier alpha value is -3.04. The van der Waals surface area contributed by atoms with Gasteiger partial charge in [0.05, 0.1) is 56.2 Å². The minimum atomic E-state index is -0.301. The average molecular weight is 530 g/mol. The summed E-state index contributed by atoms with van der Waals surface area (Å²) in [5.41, 5.74) is 4.06. The van der Waals surface area contributed by atoms with E-state index in [-0.39, 0.29) is 18.2 Å². The van der Waals surface area contributed by atoms with Crippen molar-refractivity contribution in [1.29, 1.82) is 0 Å². The Morgan fingerprint density at radius 2 is 1.89 bits per heavy atom. The van der Waals surface area contributed by atoms with Crippen LogP contribution in [0.1, 0.15) is 28.4 Å². The highest BCUT2D eigenvalue weighted by molar-refractivity contribution is 7.99. The topological polar surface area (TPSA) is 75.0 Å². The summed E-state index contributed by atoms with van der Waals surface area (Å²) < 4.78 is 24.5. The number of alkyl halides is 1. The third kappa shape index (κ3) is 4.24. The van der Waals surface area contributed by atoms with Crippen LogP contribution in [0.3, 0.4) is 0 Å². The van der Waals surface area contributed by atoms with Crippen LogP contribution in [0.15, 0.2) is 46.6 Å². The number of rotatable bonds is 8. The van der Waals surface area contributed by atoms with Gasteiger partial charge in [0.1, 0.15) is 28.9 Å². The lowest BCUT2D eigenvalue weighted by Crippen LogP contribution is -2.43. The van der Waals surface area contributed by atoms with Crippen molar-refractivity contribution in [3.05, 3.63) is 59.0 Å². The number of cyclic esters (lactones) is 1. The van der Waals surface area contributed by atoms with Gasteiger partial charge in [0.15, 0.2) is 0 Å². The maximum Gasteiger partial charge on any atom is 0.410 e. The normalized spacial score (nSPS) is 18.5. The number of imidazole rings is 1. The van der Waals surface area contributed by atoms with E-state index in [0.717, 1.165) is 38.1 Å². The molecule has 3 aromatic rings. The Bertz CT molecular complexity index is 1280. The van der Waals surface area contributed by atoms with E-state index >= 15 is 0 Å². The first-order valence-electron chi connectivity index (χ1n) is 11.6. The van der Waals surface area contributed by atoms with Crippen molar-refractivity contribution in [3.8, 4) is 17.2 Å². The molecule has 5 rings (SSSR count). The Labute approximate surface area is 219 Å². The molecule has 0 radical (unpaired) electrons. The number of ether oxygens (including phenoxy) is 4. The Morgan fingerprint density at radius 1 is 1.14 bits per heavy atom. The third-order valence-corrected chi connectivity index (χ3v) is 8.28. The largest absolute Gasteiger partial charge is 0.497 e. The van der Waals surface area contributed by atoms with Gasteiger partial charge in [-0.15, -0.1) is 11.6 Å². The lowest BCUT2D eigenvalue weighted by molar-refractivity contribution is 0.139. The van der Waals surface area contributed by atoms with E-state index in [4.69, 9.17) is 30.5 Å². The van der Waals surface area contributed by atoms with Crippen molar-refractivity contribution in [3.63, 3.8) is 0 Å². The molecular formula is C26H28ClN3O5S. The zero-order valence-corrected chi connectivity index (χ0v) is 22.2. The van der Waals surface area contributed by atoms with Crippen molar-refractivity contribution in [2.45, 2.75) is 40.7 Å². The zero-order valence-electron chi connectivity index (χ0n) is 20.6. The second-order valence-electron chi connectivity index (χ2n) is 8.76. The number of aromatic nitrogens is 2. The molecule has 0 unspecified atom stereocenters. The number of fused-ring (bicyclic) bond motifs is 2. The standard InChI is InChI=1S/C26H28ClN3O5S/c1-29-14-28-25(20(29)12-27)36-24-18-10-16-13-35-26(31)30(16)19(9-15-5-7-17(32-2)8-6-15)23(18)21(33-3)11-22(24)34-4/h5-8,11,14,16,19H,9-10,12-13H2,1-4H3/t16-,19-/m0/s1. The van der Waals surface area contributed by atoms with Crippen LogP contribution < -0.4 is 14.2 Å². The second-order valence-corrected chi connectivity index (χ2v) is 10.0. The van der Waals surface area contributed by atoms with Crippen molar-refractivity contribution < 1.29 is 23.7 Å². The molecular weight excluding hydrogens is 502 g/mol. The summed E-state index contributed by atoms with van der Waals surface area (Å²) >= 11 is 7.77. The number of halogens is 1. The smallest absolute Gasteiger partial charge is 0.410 e. The Morgan fingerprint density at radius 3 is 2.56 bits per heavy atom. The molecule has 2 aliphatic rings. The number of hydrogen-bond donors (Lipinski definition) is 0.